The number of benzene rings is 3. The van der Waals surface area contributed by atoms with Gasteiger partial charge in [0.1, 0.15) is 0 Å². The lowest BCUT2D eigenvalue weighted by Gasteiger charge is -2.18. The molecule has 4 nitrogen and oxygen atoms in total. The SMILES string of the molecule is Cc1ccc(N2C[C@H](C(=O)Nc3cccc4ccccc34)CC2=O)cc1Cl. The molecule has 0 radical (unpaired) electrons. The number of halogens is 1. The zero-order chi connectivity index (χ0) is 19.0. The van der Waals surface area contributed by atoms with E-state index in [1.54, 1.807) is 11.0 Å². The second-order valence-electron chi connectivity index (χ2n) is 6.85. The number of rotatable bonds is 3. The molecule has 0 spiro atoms. The van der Waals surface area contributed by atoms with Crippen LogP contribution in [0.25, 0.3) is 10.8 Å². The van der Waals surface area contributed by atoms with Crippen molar-refractivity contribution in [3.05, 3.63) is 71.2 Å². The molecule has 1 N–H and O–H groups in total. The maximum absolute atomic E-state index is 12.8. The number of anilines is 2. The number of hydrogen-bond donors (Lipinski definition) is 1. The van der Waals surface area contributed by atoms with Crippen LogP contribution in [-0.2, 0) is 9.59 Å². The van der Waals surface area contributed by atoms with Gasteiger partial charge in [0.15, 0.2) is 0 Å². The van der Waals surface area contributed by atoms with E-state index in [9.17, 15) is 9.59 Å². The highest BCUT2D eigenvalue weighted by Gasteiger charge is 2.35. The van der Waals surface area contributed by atoms with Crippen molar-refractivity contribution in [3.8, 4) is 0 Å². The standard InChI is InChI=1S/C22H19ClN2O2/c1-14-9-10-17(12-19(14)23)25-13-16(11-21(25)26)22(27)24-20-8-4-6-15-5-2-3-7-18(15)20/h2-10,12,16H,11,13H2,1H3,(H,24,27)/t16-/m1/s1. The number of carbonyl (C=O) groups is 2. The second-order valence-corrected chi connectivity index (χ2v) is 7.26. The van der Waals surface area contributed by atoms with Crippen LogP contribution in [0, 0.1) is 12.8 Å². The smallest absolute Gasteiger partial charge is 0.229 e. The molecule has 0 saturated carbocycles. The van der Waals surface area contributed by atoms with Gasteiger partial charge in [-0.15, -0.1) is 0 Å². The third-order valence-electron chi connectivity index (χ3n) is 5.01. The molecule has 1 aliphatic heterocycles. The maximum atomic E-state index is 12.8. The van der Waals surface area contributed by atoms with Crippen LogP contribution >= 0.6 is 11.6 Å². The van der Waals surface area contributed by atoms with Crippen molar-refractivity contribution in [1.29, 1.82) is 0 Å². The van der Waals surface area contributed by atoms with Gasteiger partial charge >= 0.3 is 0 Å². The first kappa shape index (κ1) is 17.6. The van der Waals surface area contributed by atoms with Gasteiger partial charge in [-0.05, 0) is 36.1 Å². The Morgan fingerprint density at radius 1 is 1.11 bits per heavy atom. The van der Waals surface area contributed by atoms with Gasteiger partial charge in [-0.2, -0.15) is 0 Å². The molecule has 3 aromatic carbocycles. The normalized spacial score (nSPS) is 16.7. The van der Waals surface area contributed by atoms with E-state index in [4.69, 9.17) is 11.6 Å². The van der Waals surface area contributed by atoms with Crippen LogP contribution in [0.4, 0.5) is 11.4 Å². The minimum Gasteiger partial charge on any atom is -0.325 e. The fourth-order valence-corrected chi connectivity index (χ4v) is 3.63. The summed E-state index contributed by atoms with van der Waals surface area (Å²) in [5.41, 5.74) is 2.45. The highest BCUT2D eigenvalue weighted by Crippen LogP contribution is 2.30. The van der Waals surface area contributed by atoms with Crippen LogP contribution in [0.1, 0.15) is 12.0 Å². The second kappa shape index (κ2) is 7.05. The molecule has 1 aliphatic rings. The molecule has 136 valence electrons. The molecule has 1 heterocycles. The van der Waals surface area contributed by atoms with Crippen molar-refractivity contribution in [2.45, 2.75) is 13.3 Å². The van der Waals surface area contributed by atoms with Gasteiger partial charge in [0, 0.05) is 34.7 Å². The Hall–Kier alpha value is -2.85. The lowest BCUT2D eigenvalue weighted by molar-refractivity contribution is -0.122. The molecule has 1 atom stereocenters. The quantitative estimate of drug-likeness (QED) is 0.712. The highest BCUT2D eigenvalue weighted by molar-refractivity contribution is 6.31. The summed E-state index contributed by atoms with van der Waals surface area (Å²) in [4.78, 5) is 26.9. The van der Waals surface area contributed by atoms with Crippen LogP contribution in [0.2, 0.25) is 5.02 Å². The summed E-state index contributed by atoms with van der Waals surface area (Å²) in [6, 6.07) is 19.2. The summed E-state index contributed by atoms with van der Waals surface area (Å²) in [6.45, 7) is 2.27. The highest BCUT2D eigenvalue weighted by atomic mass is 35.5. The molecule has 3 aromatic rings. The molecule has 0 bridgehead atoms. The van der Waals surface area contributed by atoms with Gasteiger partial charge in [-0.3, -0.25) is 9.59 Å². The van der Waals surface area contributed by atoms with Crippen LogP contribution in [0.3, 0.4) is 0 Å². The Bertz CT molecular complexity index is 1040. The minimum atomic E-state index is -0.392. The molecule has 0 unspecified atom stereocenters. The number of fused-ring (bicyclic) bond motifs is 1. The van der Waals surface area contributed by atoms with E-state index in [2.05, 4.69) is 5.32 Å². The predicted molar refractivity (Wildman–Crippen MR) is 109 cm³/mol. The van der Waals surface area contributed by atoms with Crippen molar-refractivity contribution in [2.24, 2.45) is 5.92 Å². The van der Waals surface area contributed by atoms with Gasteiger partial charge < -0.3 is 10.2 Å². The van der Waals surface area contributed by atoms with Crippen molar-refractivity contribution in [1.82, 2.24) is 0 Å². The van der Waals surface area contributed by atoms with Crippen LogP contribution in [-0.4, -0.2) is 18.4 Å². The summed E-state index contributed by atoms with van der Waals surface area (Å²) >= 11 is 6.18. The maximum Gasteiger partial charge on any atom is 0.229 e. The zero-order valence-corrected chi connectivity index (χ0v) is 15.7. The number of carbonyl (C=O) groups excluding carboxylic acids is 2. The molecule has 1 saturated heterocycles. The van der Waals surface area contributed by atoms with Crippen LogP contribution in [0.15, 0.2) is 60.7 Å². The molecule has 0 aliphatic carbocycles. The van der Waals surface area contributed by atoms with Gasteiger partial charge in [0.05, 0.1) is 5.92 Å². The summed E-state index contributed by atoms with van der Waals surface area (Å²) in [5, 5.41) is 5.66. The molecule has 4 rings (SSSR count). The Labute approximate surface area is 162 Å². The average molecular weight is 379 g/mol. The van der Waals surface area contributed by atoms with Crippen LogP contribution in [0.5, 0.6) is 0 Å². The Morgan fingerprint density at radius 2 is 1.89 bits per heavy atom. The fraction of sp³-hybridized carbons (Fsp3) is 0.182. The molecular formula is C22H19ClN2O2. The van der Waals surface area contributed by atoms with Gasteiger partial charge in [-0.1, -0.05) is 54.1 Å². The summed E-state index contributed by atoms with van der Waals surface area (Å²) in [7, 11) is 0. The first-order valence-electron chi connectivity index (χ1n) is 8.88. The average Bonchev–Trinajstić information content (AvgIpc) is 3.06. The van der Waals surface area contributed by atoms with E-state index in [0.717, 1.165) is 27.7 Å². The van der Waals surface area contributed by atoms with E-state index in [1.807, 2.05) is 61.5 Å². The van der Waals surface area contributed by atoms with Crippen molar-refractivity contribution in [2.75, 3.05) is 16.8 Å². The summed E-state index contributed by atoms with van der Waals surface area (Å²) < 4.78 is 0. The Morgan fingerprint density at radius 3 is 2.70 bits per heavy atom. The summed E-state index contributed by atoms with van der Waals surface area (Å²) in [5.74, 6) is -0.593. The van der Waals surface area contributed by atoms with E-state index >= 15 is 0 Å². The Kier molecular flexibility index (Phi) is 4.58. The molecule has 0 aromatic heterocycles. The lowest BCUT2D eigenvalue weighted by atomic mass is 10.1. The van der Waals surface area contributed by atoms with Crippen molar-refractivity contribution < 1.29 is 9.59 Å². The Balaban J connectivity index is 1.53. The predicted octanol–water partition coefficient (Wildman–Crippen LogP) is 4.79. The lowest BCUT2D eigenvalue weighted by Crippen LogP contribution is -2.28. The van der Waals surface area contributed by atoms with Gasteiger partial charge in [0.25, 0.3) is 0 Å². The third kappa shape index (κ3) is 3.40. The summed E-state index contributed by atoms with van der Waals surface area (Å²) in [6.07, 6.45) is 0.197. The molecule has 5 heteroatoms. The molecular weight excluding hydrogens is 360 g/mol. The fourth-order valence-electron chi connectivity index (χ4n) is 3.45. The van der Waals surface area contributed by atoms with E-state index in [0.29, 0.717) is 11.6 Å². The van der Waals surface area contributed by atoms with Crippen molar-refractivity contribution in [3.63, 3.8) is 0 Å². The number of aryl methyl sites for hydroxylation is 1. The first-order chi connectivity index (χ1) is 13.0. The van der Waals surface area contributed by atoms with E-state index in [1.165, 1.54) is 0 Å². The number of amides is 2. The van der Waals surface area contributed by atoms with Crippen LogP contribution < -0.4 is 10.2 Å². The minimum absolute atomic E-state index is 0.0620. The molecule has 1 fully saturated rings. The van der Waals surface area contributed by atoms with Crippen molar-refractivity contribution >= 4 is 45.6 Å². The number of nitrogens with zero attached hydrogens (tertiary/aromatic N) is 1. The molecule has 27 heavy (non-hydrogen) atoms. The zero-order valence-electron chi connectivity index (χ0n) is 14.9. The monoisotopic (exact) mass is 378 g/mol. The third-order valence-corrected chi connectivity index (χ3v) is 5.42. The molecule has 2 amide bonds. The van der Waals surface area contributed by atoms with E-state index in [-0.39, 0.29) is 18.2 Å². The van der Waals surface area contributed by atoms with E-state index < -0.39 is 5.92 Å². The topological polar surface area (TPSA) is 49.4 Å². The van der Waals surface area contributed by atoms with Gasteiger partial charge in [-0.25, -0.2) is 0 Å². The number of nitrogens with one attached hydrogen (secondary N) is 1. The largest absolute Gasteiger partial charge is 0.325 e. The first-order valence-corrected chi connectivity index (χ1v) is 9.26. The van der Waals surface area contributed by atoms with Gasteiger partial charge in [0.2, 0.25) is 11.8 Å². The number of hydrogen-bond acceptors (Lipinski definition) is 2.